The van der Waals surface area contributed by atoms with Crippen molar-refractivity contribution in [2.75, 3.05) is 66.2 Å². The third-order valence-corrected chi connectivity index (χ3v) is 5.46. The molecule has 2 atom stereocenters. The lowest BCUT2D eigenvalue weighted by molar-refractivity contribution is 0.0887. The number of likely N-dealkylation sites (tertiary alicyclic amines) is 2. The summed E-state index contributed by atoms with van der Waals surface area (Å²) in [4.78, 5) is 9.54. The van der Waals surface area contributed by atoms with E-state index in [-0.39, 0.29) is 24.0 Å². The van der Waals surface area contributed by atoms with Crippen LogP contribution < -0.4 is 5.32 Å². The summed E-state index contributed by atoms with van der Waals surface area (Å²) >= 11 is 0. The minimum atomic E-state index is 0. The van der Waals surface area contributed by atoms with Gasteiger partial charge in [0.25, 0.3) is 0 Å². The smallest absolute Gasteiger partial charge is 0.193 e. The Hall–Kier alpha value is -0.120. The highest BCUT2D eigenvalue weighted by Crippen LogP contribution is 2.20. The van der Waals surface area contributed by atoms with Gasteiger partial charge in [-0.2, -0.15) is 0 Å². The fourth-order valence-corrected chi connectivity index (χ4v) is 4.01. The van der Waals surface area contributed by atoms with Gasteiger partial charge in [-0.15, -0.1) is 24.0 Å². The first-order chi connectivity index (χ1) is 11.9. The second-order valence-electron chi connectivity index (χ2n) is 7.26. The molecule has 0 aromatic heterocycles. The van der Waals surface area contributed by atoms with Gasteiger partial charge in [0.1, 0.15) is 0 Å². The first-order valence-corrected chi connectivity index (χ1v) is 9.72. The molecular formula is C18H35IN4O2. The molecule has 0 bridgehead atoms. The fourth-order valence-electron chi connectivity index (χ4n) is 4.01. The predicted molar refractivity (Wildman–Crippen MR) is 112 cm³/mol. The summed E-state index contributed by atoms with van der Waals surface area (Å²) in [5.41, 5.74) is 0. The van der Waals surface area contributed by atoms with Crippen LogP contribution in [0.2, 0.25) is 0 Å². The molecule has 0 spiro atoms. The van der Waals surface area contributed by atoms with Crippen molar-refractivity contribution in [3.63, 3.8) is 0 Å². The van der Waals surface area contributed by atoms with Gasteiger partial charge in [-0.3, -0.25) is 9.89 Å². The Balaban J connectivity index is 0.00000225. The summed E-state index contributed by atoms with van der Waals surface area (Å²) in [6, 6.07) is 0.725. The average molecular weight is 466 g/mol. The van der Waals surface area contributed by atoms with Gasteiger partial charge in [-0.05, 0) is 45.2 Å². The summed E-state index contributed by atoms with van der Waals surface area (Å²) in [5, 5.41) is 3.50. The van der Waals surface area contributed by atoms with Crippen LogP contribution in [0.25, 0.3) is 0 Å². The molecule has 0 saturated carbocycles. The summed E-state index contributed by atoms with van der Waals surface area (Å²) < 4.78 is 11.1. The number of nitrogens with one attached hydrogen (secondary N) is 1. The van der Waals surface area contributed by atoms with E-state index in [0.29, 0.717) is 5.92 Å². The second kappa shape index (κ2) is 11.6. The third kappa shape index (κ3) is 6.52. The lowest BCUT2D eigenvalue weighted by atomic mass is 10.1. The van der Waals surface area contributed by atoms with Crippen LogP contribution in [-0.2, 0) is 9.47 Å². The molecule has 3 aliphatic rings. The van der Waals surface area contributed by atoms with Crippen molar-refractivity contribution >= 4 is 29.9 Å². The lowest BCUT2D eigenvalue weighted by Crippen LogP contribution is -2.43. The van der Waals surface area contributed by atoms with E-state index in [1.807, 2.05) is 7.05 Å². The van der Waals surface area contributed by atoms with Gasteiger partial charge < -0.3 is 19.7 Å². The van der Waals surface area contributed by atoms with Gasteiger partial charge in [0, 0.05) is 51.9 Å². The molecule has 1 N–H and O–H groups in total. The molecule has 3 aliphatic heterocycles. The maximum atomic E-state index is 5.76. The van der Waals surface area contributed by atoms with Crippen LogP contribution in [0, 0.1) is 5.92 Å². The Kier molecular flexibility index (Phi) is 9.80. The number of aliphatic imine (C=N–C) groups is 1. The zero-order valence-electron chi connectivity index (χ0n) is 15.6. The number of halogens is 1. The van der Waals surface area contributed by atoms with Gasteiger partial charge >= 0.3 is 0 Å². The number of rotatable bonds is 7. The van der Waals surface area contributed by atoms with E-state index in [1.165, 1.54) is 32.4 Å². The summed E-state index contributed by atoms with van der Waals surface area (Å²) in [6.07, 6.45) is 6.19. The zero-order chi connectivity index (χ0) is 16.6. The molecule has 3 fully saturated rings. The van der Waals surface area contributed by atoms with Gasteiger partial charge in [0.15, 0.2) is 5.96 Å². The van der Waals surface area contributed by atoms with Gasteiger partial charge in [-0.25, -0.2) is 0 Å². The van der Waals surface area contributed by atoms with E-state index in [1.54, 1.807) is 0 Å². The number of guanidine groups is 1. The Morgan fingerprint density at radius 2 is 2.08 bits per heavy atom. The van der Waals surface area contributed by atoms with Crippen molar-refractivity contribution in [2.45, 2.75) is 38.1 Å². The fraction of sp³-hybridized carbons (Fsp3) is 0.944. The standard InChI is InChI=1S/C18H34N4O2.HI/c1-19-18(20-7-4-11-23-14-16-6-12-24-15-16)22-10-5-17(13-22)21-8-2-3-9-21;/h16-17H,2-15H2,1H3,(H,19,20);1H. The minimum Gasteiger partial charge on any atom is -0.381 e. The monoisotopic (exact) mass is 466 g/mol. The molecule has 25 heavy (non-hydrogen) atoms. The van der Waals surface area contributed by atoms with Crippen molar-refractivity contribution in [3.8, 4) is 0 Å². The van der Waals surface area contributed by atoms with E-state index in [2.05, 4.69) is 20.1 Å². The molecule has 3 heterocycles. The Morgan fingerprint density at radius 1 is 1.24 bits per heavy atom. The first-order valence-electron chi connectivity index (χ1n) is 9.72. The molecule has 2 unspecified atom stereocenters. The lowest BCUT2D eigenvalue weighted by Gasteiger charge is -2.25. The topological polar surface area (TPSA) is 49.3 Å². The number of hydrogen-bond acceptors (Lipinski definition) is 4. The quantitative estimate of drug-likeness (QED) is 0.269. The summed E-state index contributed by atoms with van der Waals surface area (Å²) in [7, 11) is 1.89. The molecule has 0 aromatic rings. The highest BCUT2D eigenvalue weighted by atomic mass is 127. The van der Waals surface area contributed by atoms with E-state index in [4.69, 9.17) is 9.47 Å². The van der Waals surface area contributed by atoms with Crippen molar-refractivity contribution in [1.82, 2.24) is 15.1 Å². The molecule has 0 aliphatic carbocycles. The average Bonchev–Trinajstić information content (AvgIpc) is 3.34. The number of ether oxygens (including phenoxy) is 2. The van der Waals surface area contributed by atoms with Crippen molar-refractivity contribution in [3.05, 3.63) is 0 Å². The van der Waals surface area contributed by atoms with E-state index in [0.717, 1.165) is 70.9 Å². The number of hydrogen-bond donors (Lipinski definition) is 1. The molecule has 3 rings (SSSR count). The van der Waals surface area contributed by atoms with Crippen LogP contribution in [0.1, 0.15) is 32.1 Å². The minimum absolute atomic E-state index is 0. The molecule has 7 heteroatoms. The van der Waals surface area contributed by atoms with Gasteiger partial charge in [0.05, 0.1) is 13.2 Å². The highest BCUT2D eigenvalue weighted by Gasteiger charge is 2.30. The van der Waals surface area contributed by atoms with Crippen LogP contribution in [0.15, 0.2) is 4.99 Å². The molecule has 0 aromatic carbocycles. The summed E-state index contributed by atoms with van der Waals surface area (Å²) in [5.74, 6) is 1.67. The molecule has 0 amide bonds. The molecule has 0 radical (unpaired) electrons. The predicted octanol–water partition coefficient (Wildman–Crippen LogP) is 1.79. The molecular weight excluding hydrogens is 431 g/mol. The van der Waals surface area contributed by atoms with Crippen LogP contribution in [0.3, 0.4) is 0 Å². The zero-order valence-corrected chi connectivity index (χ0v) is 18.0. The largest absolute Gasteiger partial charge is 0.381 e. The van der Waals surface area contributed by atoms with E-state index >= 15 is 0 Å². The van der Waals surface area contributed by atoms with Gasteiger partial charge in [0.2, 0.25) is 0 Å². The van der Waals surface area contributed by atoms with Gasteiger partial charge in [-0.1, -0.05) is 0 Å². The maximum absolute atomic E-state index is 5.76. The maximum Gasteiger partial charge on any atom is 0.193 e. The Bertz CT molecular complexity index is 399. The highest BCUT2D eigenvalue weighted by molar-refractivity contribution is 14.0. The van der Waals surface area contributed by atoms with Crippen molar-refractivity contribution < 1.29 is 9.47 Å². The number of nitrogens with zero attached hydrogens (tertiary/aromatic N) is 3. The molecule has 3 saturated heterocycles. The van der Waals surface area contributed by atoms with Crippen LogP contribution >= 0.6 is 24.0 Å². The Labute approximate surface area is 169 Å². The van der Waals surface area contributed by atoms with E-state index < -0.39 is 0 Å². The second-order valence-corrected chi connectivity index (χ2v) is 7.26. The van der Waals surface area contributed by atoms with Crippen molar-refractivity contribution in [1.29, 1.82) is 0 Å². The molecule has 6 nitrogen and oxygen atoms in total. The van der Waals surface area contributed by atoms with E-state index in [9.17, 15) is 0 Å². The SMILES string of the molecule is CN=C(NCCCOCC1CCOC1)N1CCC(N2CCCC2)C1.I. The first kappa shape index (κ1) is 21.2. The third-order valence-electron chi connectivity index (χ3n) is 5.46. The van der Waals surface area contributed by atoms with Crippen LogP contribution in [-0.4, -0.2) is 88.0 Å². The van der Waals surface area contributed by atoms with Crippen molar-refractivity contribution in [2.24, 2.45) is 10.9 Å². The molecule has 146 valence electrons. The van der Waals surface area contributed by atoms with Crippen LogP contribution in [0.5, 0.6) is 0 Å². The Morgan fingerprint density at radius 3 is 2.80 bits per heavy atom. The summed E-state index contributed by atoms with van der Waals surface area (Å²) in [6.45, 7) is 9.19. The normalized spacial score (nSPS) is 27.7. The van der Waals surface area contributed by atoms with Crippen LogP contribution in [0.4, 0.5) is 0 Å².